The van der Waals surface area contributed by atoms with Gasteiger partial charge in [-0.3, -0.25) is 0 Å². The van der Waals surface area contributed by atoms with Gasteiger partial charge in [-0.25, -0.2) is 19.2 Å². The summed E-state index contributed by atoms with van der Waals surface area (Å²) in [7, 11) is 1.19. The van der Waals surface area contributed by atoms with Crippen molar-refractivity contribution in [3.05, 3.63) is 24.3 Å². The first-order chi connectivity index (χ1) is 12.9. The molecule has 1 aliphatic rings. The summed E-state index contributed by atoms with van der Waals surface area (Å²) in [6.45, 7) is 2.38. The van der Waals surface area contributed by atoms with Crippen LogP contribution in [0, 0.1) is 5.92 Å². The van der Waals surface area contributed by atoms with Crippen LogP contribution in [0.3, 0.4) is 0 Å². The SMILES string of the molecule is COC(=O)/C=C/C(=O)OCC(COC(=O)/C=C/C(=O)O)CN1CCCCC1. The van der Waals surface area contributed by atoms with Gasteiger partial charge in [-0.05, 0) is 25.9 Å². The van der Waals surface area contributed by atoms with Crippen LogP contribution >= 0.6 is 0 Å². The quantitative estimate of drug-likeness (QED) is 0.327. The number of carboxylic acid groups (broad SMARTS) is 1. The minimum Gasteiger partial charge on any atom is -0.478 e. The van der Waals surface area contributed by atoms with Gasteiger partial charge in [-0.2, -0.15) is 0 Å². The molecule has 0 bridgehead atoms. The highest BCUT2D eigenvalue weighted by Gasteiger charge is 2.19. The fraction of sp³-hybridized carbons (Fsp3) is 0.556. The molecule has 1 atom stereocenters. The summed E-state index contributed by atoms with van der Waals surface area (Å²) in [5.41, 5.74) is 0. The Hall–Kier alpha value is -2.68. The zero-order valence-corrected chi connectivity index (χ0v) is 15.3. The Morgan fingerprint density at radius 2 is 1.41 bits per heavy atom. The van der Waals surface area contributed by atoms with E-state index in [4.69, 9.17) is 14.6 Å². The van der Waals surface area contributed by atoms with Crippen LogP contribution in [-0.4, -0.2) is 73.8 Å². The number of carbonyl (C=O) groups excluding carboxylic acids is 3. The molecule has 1 heterocycles. The second-order valence-electron chi connectivity index (χ2n) is 6.02. The molecule has 0 aromatic carbocycles. The number of piperidine rings is 1. The summed E-state index contributed by atoms with van der Waals surface area (Å²) in [6, 6.07) is 0. The molecule has 1 rings (SSSR count). The number of carbonyl (C=O) groups is 4. The minimum absolute atomic E-state index is 0.00320. The van der Waals surface area contributed by atoms with Gasteiger partial charge in [0.15, 0.2) is 0 Å². The van der Waals surface area contributed by atoms with Crippen LogP contribution in [0.25, 0.3) is 0 Å². The van der Waals surface area contributed by atoms with Crippen LogP contribution in [0.2, 0.25) is 0 Å². The third-order valence-corrected chi connectivity index (χ3v) is 3.81. The van der Waals surface area contributed by atoms with Gasteiger partial charge >= 0.3 is 23.9 Å². The van der Waals surface area contributed by atoms with Crippen molar-refractivity contribution in [3.63, 3.8) is 0 Å². The van der Waals surface area contributed by atoms with Gasteiger partial charge in [-0.15, -0.1) is 0 Å². The number of hydrogen-bond donors (Lipinski definition) is 1. The van der Waals surface area contributed by atoms with Gasteiger partial charge in [0.2, 0.25) is 0 Å². The largest absolute Gasteiger partial charge is 0.478 e. The second-order valence-corrected chi connectivity index (χ2v) is 6.02. The lowest BCUT2D eigenvalue weighted by Gasteiger charge is -2.30. The maximum Gasteiger partial charge on any atom is 0.331 e. The molecule has 9 heteroatoms. The predicted octanol–water partition coefficient (Wildman–Crippen LogP) is 0.545. The van der Waals surface area contributed by atoms with Crippen LogP contribution in [0.15, 0.2) is 24.3 Å². The van der Waals surface area contributed by atoms with E-state index in [1.165, 1.54) is 13.5 Å². The van der Waals surface area contributed by atoms with Crippen molar-refractivity contribution in [3.8, 4) is 0 Å². The van der Waals surface area contributed by atoms with Gasteiger partial charge in [-0.1, -0.05) is 6.42 Å². The molecule has 27 heavy (non-hydrogen) atoms. The van der Waals surface area contributed by atoms with Crippen LogP contribution in [0.4, 0.5) is 0 Å². The molecule has 0 radical (unpaired) electrons. The number of ether oxygens (including phenoxy) is 3. The molecule has 1 unspecified atom stereocenters. The Balaban J connectivity index is 2.54. The van der Waals surface area contributed by atoms with E-state index < -0.39 is 23.9 Å². The zero-order chi connectivity index (χ0) is 20.1. The highest BCUT2D eigenvalue weighted by atomic mass is 16.5. The number of rotatable bonds is 10. The van der Waals surface area contributed by atoms with Crippen molar-refractivity contribution < 1.29 is 38.5 Å². The molecule has 1 fully saturated rings. The van der Waals surface area contributed by atoms with Crippen LogP contribution in [0.1, 0.15) is 19.3 Å². The van der Waals surface area contributed by atoms with Crippen molar-refractivity contribution in [1.29, 1.82) is 0 Å². The lowest BCUT2D eigenvalue weighted by Crippen LogP contribution is -2.37. The van der Waals surface area contributed by atoms with Gasteiger partial charge in [0.1, 0.15) is 0 Å². The van der Waals surface area contributed by atoms with Crippen LogP contribution in [-0.2, 0) is 33.4 Å². The number of hydrogen-bond acceptors (Lipinski definition) is 8. The van der Waals surface area contributed by atoms with Crippen LogP contribution in [0.5, 0.6) is 0 Å². The van der Waals surface area contributed by atoms with Crippen LogP contribution < -0.4 is 0 Å². The van der Waals surface area contributed by atoms with Crippen molar-refractivity contribution in [1.82, 2.24) is 4.90 Å². The first kappa shape index (κ1) is 22.4. The number of methoxy groups -OCH3 is 1. The molecule has 1 saturated heterocycles. The molecule has 1 N–H and O–H groups in total. The Kier molecular flexibility index (Phi) is 10.5. The standard InChI is InChI=1S/C18H25NO8/c1-25-16(22)7-8-18(24)27-13-14(11-19-9-3-2-4-10-19)12-26-17(23)6-5-15(20)21/h5-8,14H,2-4,9-13H2,1H3,(H,20,21)/b6-5+,8-7+. The number of aliphatic carboxylic acids is 1. The van der Waals surface area contributed by atoms with Crippen molar-refractivity contribution in [2.75, 3.05) is 40.0 Å². The molecule has 0 aromatic rings. The van der Waals surface area contributed by atoms with E-state index in [2.05, 4.69) is 9.64 Å². The normalized spacial score (nSPS) is 16.2. The summed E-state index contributed by atoms with van der Waals surface area (Å²) < 4.78 is 14.5. The molecule has 0 aromatic heterocycles. The molecule has 9 nitrogen and oxygen atoms in total. The summed E-state index contributed by atoms with van der Waals surface area (Å²) in [4.78, 5) is 46.8. The number of carboxylic acids is 1. The third-order valence-electron chi connectivity index (χ3n) is 3.81. The molecule has 150 valence electrons. The average Bonchev–Trinajstić information content (AvgIpc) is 2.67. The predicted molar refractivity (Wildman–Crippen MR) is 93.6 cm³/mol. The van der Waals surface area contributed by atoms with E-state index in [1.54, 1.807) is 0 Å². The van der Waals surface area contributed by atoms with E-state index in [-0.39, 0.29) is 19.1 Å². The Morgan fingerprint density at radius 3 is 1.93 bits per heavy atom. The Bertz CT molecular complexity index is 578. The lowest BCUT2D eigenvalue weighted by molar-refractivity contribution is -0.144. The van der Waals surface area contributed by atoms with E-state index >= 15 is 0 Å². The first-order valence-corrected chi connectivity index (χ1v) is 8.63. The monoisotopic (exact) mass is 383 g/mol. The van der Waals surface area contributed by atoms with E-state index in [9.17, 15) is 19.2 Å². The maximum atomic E-state index is 11.7. The topological polar surface area (TPSA) is 119 Å². The molecular formula is C18H25NO8. The fourth-order valence-corrected chi connectivity index (χ4v) is 2.50. The van der Waals surface area contributed by atoms with E-state index in [1.807, 2.05) is 0 Å². The van der Waals surface area contributed by atoms with Crippen molar-refractivity contribution >= 4 is 23.9 Å². The number of esters is 3. The third kappa shape index (κ3) is 10.8. The Labute approximate surface area is 157 Å². The van der Waals surface area contributed by atoms with E-state index in [0.29, 0.717) is 12.6 Å². The van der Waals surface area contributed by atoms with Gasteiger partial charge in [0.05, 0.1) is 20.3 Å². The summed E-state index contributed by atoms with van der Waals surface area (Å²) in [5, 5.41) is 8.51. The number of likely N-dealkylation sites (tertiary alicyclic amines) is 1. The highest BCUT2D eigenvalue weighted by molar-refractivity contribution is 5.91. The number of nitrogens with zero attached hydrogens (tertiary/aromatic N) is 1. The van der Waals surface area contributed by atoms with Crippen molar-refractivity contribution in [2.24, 2.45) is 5.92 Å². The average molecular weight is 383 g/mol. The van der Waals surface area contributed by atoms with E-state index in [0.717, 1.165) is 44.2 Å². The second kappa shape index (κ2) is 12.6. The van der Waals surface area contributed by atoms with Gasteiger partial charge in [0.25, 0.3) is 0 Å². The summed E-state index contributed by atoms with van der Waals surface area (Å²) in [5.74, 6) is -3.68. The maximum absolute atomic E-state index is 11.7. The first-order valence-electron chi connectivity index (χ1n) is 8.63. The Morgan fingerprint density at radius 1 is 0.889 bits per heavy atom. The van der Waals surface area contributed by atoms with Gasteiger partial charge in [0, 0.05) is 36.8 Å². The summed E-state index contributed by atoms with van der Waals surface area (Å²) >= 11 is 0. The molecule has 0 aliphatic carbocycles. The lowest BCUT2D eigenvalue weighted by atomic mass is 10.1. The minimum atomic E-state index is -1.25. The zero-order valence-electron chi connectivity index (χ0n) is 15.3. The smallest absolute Gasteiger partial charge is 0.331 e. The summed E-state index contributed by atoms with van der Waals surface area (Å²) in [6.07, 6.45) is 6.77. The fourth-order valence-electron chi connectivity index (χ4n) is 2.50. The molecule has 1 aliphatic heterocycles. The highest BCUT2D eigenvalue weighted by Crippen LogP contribution is 2.12. The molecule has 0 spiro atoms. The van der Waals surface area contributed by atoms with Gasteiger partial charge < -0.3 is 24.2 Å². The molecule has 0 amide bonds. The molecular weight excluding hydrogens is 358 g/mol. The molecule has 0 saturated carbocycles. The van der Waals surface area contributed by atoms with Crippen molar-refractivity contribution in [2.45, 2.75) is 19.3 Å².